The minimum Gasteiger partial charge on any atom is -0.465 e. The van der Waals surface area contributed by atoms with Crippen LogP contribution in [-0.4, -0.2) is 81.2 Å². The van der Waals surface area contributed by atoms with Crippen LogP contribution in [0.4, 0.5) is 5.95 Å². The minimum atomic E-state index is -0.437. The van der Waals surface area contributed by atoms with E-state index in [0.29, 0.717) is 54.6 Å². The van der Waals surface area contributed by atoms with Crippen LogP contribution in [0.15, 0.2) is 30.3 Å². The number of ether oxygens (including phenoxy) is 1. The van der Waals surface area contributed by atoms with Crippen LogP contribution in [0.25, 0.3) is 5.69 Å². The smallest absolute Gasteiger partial charge is 0.339 e. The number of nitrogens with zero attached hydrogens (tertiary/aromatic N) is 6. The lowest BCUT2D eigenvalue weighted by Crippen LogP contribution is -2.52. The number of hydrogen-bond acceptors (Lipinski definition) is 8. The molecule has 1 atom stereocenters. The number of esters is 1. The number of nitrogens with one attached hydrogen (secondary N) is 1. The monoisotopic (exact) mass is 437 g/mol. The normalized spacial score (nSPS) is 15.6. The second kappa shape index (κ2) is 8.91. The molecule has 10 nitrogen and oxygen atoms in total. The molecule has 0 saturated carbocycles. The molecule has 168 valence electrons. The van der Waals surface area contributed by atoms with Gasteiger partial charge in [-0.2, -0.15) is 4.68 Å². The van der Waals surface area contributed by atoms with Crippen LogP contribution in [0.1, 0.15) is 39.0 Å². The maximum Gasteiger partial charge on any atom is 0.339 e. The molecule has 1 unspecified atom stereocenters. The van der Waals surface area contributed by atoms with Gasteiger partial charge in [-0.1, -0.05) is 23.3 Å². The van der Waals surface area contributed by atoms with Gasteiger partial charge in [0.2, 0.25) is 5.95 Å². The maximum absolute atomic E-state index is 13.2. The van der Waals surface area contributed by atoms with Gasteiger partial charge in [0.25, 0.3) is 0 Å². The summed E-state index contributed by atoms with van der Waals surface area (Å²) in [5.41, 5.74) is 3.07. The number of tetrazole rings is 1. The first-order valence-corrected chi connectivity index (χ1v) is 10.6. The van der Waals surface area contributed by atoms with Gasteiger partial charge in [0.15, 0.2) is 5.78 Å². The Bertz CT molecular complexity index is 1110. The average molecular weight is 438 g/mol. The lowest BCUT2D eigenvalue weighted by Gasteiger charge is -2.37. The molecule has 1 aromatic carbocycles. The van der Waals surface area contributed by atoms with Gasteiger partial charge in [0.1, 0.15) is 0 Å². The first-order chi connectivity index (χ1) is 15.4. The molecule has 0 amide bonds. The SMILES string of the molecule is COC(=O)c1c(C)[nH]c(C(=O)C(C)N2CCN(c3nnnn3-c3ccccc3)CC2)c1C. The highest BCUT2D eigenvalue weighted by molar-refractivity contribution is 6.03. The molecule has 4 rings (SSSR count). The summed E-state index contributed by atoms with van der Waals surface area (Å²) in [6.07, 6.45) is 0. The summed E-state index contributed by atoms with van der Waals surface area (Å²) in [5, 5.41) is 12.2. The Morgan fingerprint density at radius 1 is 1.09 bits per heavy atom. The lowest BCUT2D eigenvalue weighted by molar-refractivity contribution is 0.0599. The fourth-order valence-corrected chi connectivity index (χ4v) is 4.20. The van der Waals surface area contributed by atoms with E-state index in [2.05, 4.69) is 30.3 Å². The number of carbonyl (C=O) groups is 2. The van der Waals surface area contributed by atoms with E-state index in [-0.39, 0.29) is 11.8 Å². The molecule has 1 fully saturated rings. The Morgan fingerprint density at radius 2 is 1.78 bits per heavy atom. The number of hydrogen-bond donors (Lipinski definition) is 1. The molecular formula is C22H27N7O3. The predicted octanol–water partition coefficient (Wildman–Crippen LogP) is 1.79. The highest BCUT2D eigenvalue weighted by Crippen LogP contribution is 2.23. The molecule has 10 heteroatoms. The van der Waals surface area contributed by atoms with Gasteiger partial charge >= 0.3 is 5.97 Å². The number of Topliss-reactive ketones (excluding diaryl/α,β-unsaturated/α-hetero) is 1. The van der Waals surface area contributed by atoms with Crippen LogP contribution in [0.2, 0.25) is 0 Å². The molecule has 3 aromatic rings. The first kappa shape index (κ1) is 21.7. The van der Waals surface area contributed by atoms with Crippen molar-refractivity contribution in [2.75, 3.05) is 38.2 Å². The van der Waals surface area contributed by atoms with E-state index in [9.17, 15) is 9.59 Å². The number of aryl methyl sites for hydroxylation is 1. The van der Waals surface area contributed by atoms with Crippen LogP contribution in [-0.2, 0) is 4.74 Å². The zero-order valence-electron chi connectivity index (χ0n) is 18.7. The van der Waals surface area contributed by atoms with Crippen molar-refractivity contribution in [1.82, 2.24) is 30.1 Å². The topological polar surface area (TPSA) is 109 Å². The summed E-state index contributed by atoms with van der Waals surface area (Å²) in [4.78, 5) is 32.6. The van der Waals surface area contributed by atoms with Crippen LogP contribution in [0.5, 0.6) is 0 Å². The van der Waals surface area contributed by atoms with Crippen molar-refractivity contribution in [3.05, 3.63) is 52.8 Å². The van der Waals surface area contributed by atoms with E-state index >= 15 is 0 Å². The number of methoxy groups -OCH3 is 1. The summed E-state index contributed by atoms with van der Waals surface area (Å²) in [5.74, 6) is 0.212. The standard InChI is InChI=1S/C22H27N7O3/c1-14-18(21(31)32-4)15(2)23-19(14)20(30)16(3)27-10-12-28(13-11-27)22-24-25-26-29(22)17-8-6-5-7-9-17/h5-9,16,23H,10-13H2,1-4H3. The van der Waals surface area contributed by atoms with Crippen molar-refractivity contribution in [2.45, 2.75) is 26.8 Å². The van der Waals surface area contributed by atoms with E-state index < -0.39 is 5.97 Å². The number of anilines is 1. The average Bonchev–Trinajstić information content (AvgIpc) is 3.43. The third-order valence-electron chi connectivity index (χ3n) is 6.05. The second-order valence-corrected chi connectivity index (χ2v) is 7.91. The molecule has 0 bridgehead atoms. The second-order valence-electron chi connectivity index (χ2n) is 7.91. The zero-order valence-corrected chi connectivity index (χ0v) is 18.7. The van der Waals surface area contributed by atoms with Gasteiger partial charge in [-0.25, -0.2) is 4.79 Å². The summed E-state index contributed by atoms with van der Waals surface area (Å²) in [7, 11) is 1.34. The molecule has 0 radical (unpaired) electrons. The minimum absolute atomic E-state index is 0.0386. The van der Waals surface area contributed by atoms with E-state index in [0.717, 1.165) is 5.69 Å². The number of piperazine rings is 1. The Balaban J connectivity index is 1.45. The molecule has 0 aliphatic carbocycles. The molecule has 3 heterocycles. The summed E-state index contributed by atoms with van der Waals surface area (Å²) in [6.45, 7) is 8.23. The third-order valence-corrected chi connectivity index (χ3v) is 6.05. The Morgan fingerprint density at radius 3 is 2.44 bits per heavy atom. The van der Waals surface area contributed by atoms with Crippen molar-refractivity contribution in [2.24, 2.45) is 0 Å². The molecule has 32 heavy (non-hydrogen) atoms. The van der Waals surface area contributed by atoms with Crippen LogP contribution < -0.4 is 4.90 Å². The highest BCUT2D eigenvalue weighted by atomic mass is 16.5. The fourth-order valence-electron chi connectivity index (χ4n) is 4.20. The molecule has 0 spiro atoms. The largest absolute Gasteiger partial charge is 0.465 e. The quantitative estimate of drug-likeness (QED) is 0.459. The van der Waals surface area contributed by atoms with Gasteiger partial charge in [-0.3, -0.25) is 9.69 Å². The van der Waals surface area contributed by atoms with E-state index in [1.807, 2.05) is 37.3 Å². The van der Waals surface area contributed by atoms with E-state index in [4.69, 9.17) is 4.74 Å². The zero-order chi connectivity index (χ0) is 22.8. The molecule has 1 aliphatic heterocycles. The van der Waals surface area contributed by atoms with Gasteiger partial charge in [-0.05, 0) is 48.9 Å². The molecule has 1 aliphatic rings. The number of aromatic nitrogens is 5. The van der Waals surface area contributed by atoms with Gasteiger partial charge < -0.3 is 14.6 Å². The predicted molar refractivity (Wildman–Crippen MR) is 118 cm³/mol. The number of ketones is 1. The van der Waals surface area contributed by atoms with Gasteiger partial charge in [-0.15, -0.1) is 0 Å². The van der Waals surface area contributed by atoms with Crippen molar-refractivity contribution in [3.63, 3.8) is 0 Å². The van der Waals surface area contributed by atoms with Crippen LogP contribution in [0, 0.1) is 13.8 Å². The Kier molecular flexibility index (Phi) is 6.04. The van der Waals surface area contributed by atoms with Gasteiger partial charge in [0, 0.05) is 31.9 Å². The Labute approximate surface area is 186 Å². The lowest BCUT2D eigenvalue weighted by atomic mass is 10.0. The van der Waals surface area contributed by atoms with Crippen molar-refractivity contribution in [3.8, 4) is 5.69 Å². The van der Waals surface area contributed by atoms with E-state index in [1.165, 1.54) is 7.11 Å². The fraction of sp³-hybridized carbons (Fsp3) is 0.409. The van der Waals surface area contributed by atoms with Crippen molar-refractivity contribution < 1.29 is 14.3 Å². The number of aromatic amines is 1. The third kappa shape index (κ3) is 3.89. The first-order valence-electron chi connectivity index (χ1n) is 10.6. The number of carbonyl (C=O) groups excluding carboxylic acids is 2. The number of para-hydroxylation sites is 1. The summed E-state index contributed by atoms with van der Waals surface area (Å²) < 4.78 is 6.58. The van der Waals surface area contributed by atoms with Crippen LogP contribution >= 0.6 is 0 Å². The maximum atomic E-state index is 13.2. The van der Waals surface area contributed by atoms with Gasteiger partial charge in [0.05, 0.1) is 30.1 Å². The summed E-state index contributed by atoms with van der Waals surface area (Å²) >= 11 is 0. The number of rotatable bonds is 6. The highest BCUT2D eigenvalue weighted by Gasteiger charge is 2.31. The summed E-state index contributed by atoms with van der Waals surface area (Å²) in [6, 6.07) is 9.43. The molecule has 1 N–H and O–H groups in total. The van der Waals surface area contributed by atoms with E-state index in [1.54, 1.807) is 18.5 Å². The number of H-pyrrole nitrogens is 1. The van der Waals surface area contributed by atoms with Crippen molar-refractivity contribution >= 4 is 17.7 Å². The van der Waals surface area contributed by atoms with Crippen LogP contribution in [0.3, 0.4) is 0 Å². The Hall–Kier alpha value is -3.53. The molecular weight excluding hydrogens is 410 g/mol. The molecule has 2 aromatic heterocycles. The number of benzene rings is 1. The molecule has 1 saturated heterocycles. The van der Waals surface area contributed by atoms with Crippen molar-refractivity contribution in [1.29, 1.82) is 0 Å².